The Hall–Kier alpha value is -2.94. The number of nitrogens with one attached hydrogen (secondary N) is 1. The van der Waals surface area contributed by atoms with Crippen molar-refractivity contribution in [1.29, 1.82) is 5.26 Å². The van der Waals surface area contributed by atoms with Gasteiger partial charge in [0.15, 0.2) is 5.82 Å². The number of benzene rings is 1. The molecule has 3 heterocycles. The maximum absolute atomic E-state index is 9.40. The van der Waals surface area contributed by atoms with Crippen LogP contribution in [0.3, 0.4) is 0 Å². The molecule has 6 heteroatoms. The van der Waals surface area contributed by atoms with Gasteiger partial charge < -0.3 is 9.88 Å². The quantitative estimate of drug-likeness (QED) is 0.803. The number of pyridine rings is 1. The number of nitrogens with zero attached hydrogens (tertiary/aromatic N) is 5. The standard InChI is InChI=1S/C18H18N6/c19-10-13-11-20-15-7-4-3-6-14(15)18(13)21-12-17-23-22-16-8-2-1-5-9-24(16)17/h3-4,6-7,11H,1-2,5,8-9,12H2,(H,20,21). The van der Waals surface area contributed by atoms with E-state index in [2.05, 4.69) is 31.1 Å². The SMILES string of the molecule is N#Cc1cnc2ccccc2c1NCc1nnc2n1CCCCC2. The highest BCUT2D eigenvalue weighted by Gasteiger charge is 2.15. The van der Waals surface area contributed by atoms with Gasteiger partial charge in [0, 0.05) is 24.5 Å². The number of hydrogen-bond donors (Lipinski definition) is 1. The summed E-state index contributed by atoms with van der Waals surface area (Å²) in [4.78, 5) is 4.34. The second kappa shape index (κ2) is 6.28. The number of nitriles is 1. The van der Waals surface area contributed by atoms with Gasteiger partial charge in [-0.05, 0) is 18.9 Å². The Morgan fingerprint density at radius 3 is 3.00 bits per heavy atom. The molecule has 1 aliphatic rings. The average molecular weight is 318 g/mol. The van der Waals surface area contributed by atoms with Crippen molar-refractivity contribution in [3.05, 3.63) is 47.7 Å². The smallest absolute Gasteiger partial charge is 0.152 e. The van der Waals surface area contributed by atoms with Crippen LogP contribution in [-0.4, -0.2) is 19.7 Å². The van der Waals surface area contributed by atoms with Crippen molar-refractivity contribution in [2.45, 2.75) is 38.8 Å². The number of aromatic nitrogens is 4. The molecule has 0 radical (unpaired) electrons. The number of aryl methyl sites for hydroxylation is 1. The van der Waals surface area contributed by atoms with E-state index in [9.17, 15) is 5.26 Å². The van der Waals surface area contributed by atoms with Crippen molar-refractivity contribution in [2.75, 3.05) is 5.32 Å². The first-order valence-electron chi connectivity index (χ1n) is 8.29. The second-order valence-corrected chi connectivity index (χ2v) is 6.02. The molecule has 0 spiro atoms. The molecule has 1 N–H and O–H groups in total. The van der Waals surface area contributed by atoms with Gasteiger partial charge in [0.2, 0.25) is 0 Å². The Labute approximate surface area is 140 Å². The maximum atomic E-state index is 9.40. The number of fused-ring (bicyclic) bond motifs is 2. The van der Waals surface area contributed by atoms with Gasteiger partial charge >= 0.3 is 0 Å². The molecule has 4 rings (SSSR count). The third-order valence-electron chi connectivity index (χ3n) is 4.51. The summed E-state index contributed by atoms with van der Waals surface area (Å²) in [5.74, 6) is 2.00. The van der Waals surface area contributed by atoms with E-state index in [1.54, 1.807) is 6.20 Å². The predicted octanol–water partition coefficient (Wildman–Crippen LogP) is 3.04. The fourth-order valence-electron chi connectivity index (χ4n) is 3.26. The molecule has 6 nitrogen and oxygen atoms in total. The zero-order valence-corrected chi connectivity index (χ0v) is 13.4. The number of para-hydroxylation sites is 1. The molecule has 0 saturated heterocycles. The Bertz CT molecular complexity index is 921. The normalized spacial score (nSPS) is 14.0. The molecule has 24 heavy (non-hydrogen) atoms. The third kappa shape index (κ3) is 2.58. The van der Waals surface area contributed by atoms with Crippen LogP contribution in [0.5, 0.6) is 0 Å². The molecule has 0 bridgehead atoms. The van der Waals surface area contributed by atoms with E-state index in [4.69, 9.17) is 0 Å². The molecular formula is C18H18N6. The fraction of sp³-hybridized carbons (Fsp3) is 0.333. The van der Waals surface area contributed by atoms with E-state index >= 15 is 0 Å². The van der Waals surface area contributed by atoms with E-state index in [0.717, 1.165) is 41.2 Å². The Balaban J connectivity index is 1.66. The lowest BCUT2D eigenvalue weighted by atomic mass is 10.1. The lowest BCUT2D eigenvalue weighted by Crippen LogP contribution is -2.11. The minimum absolute atomic E-state index is 0.546. The zero-order valence-electron chi connectivity index (χ0n) is 13.4. The van der Waals surface area contributed by atoms with Crippen molar-refractivity contribution in [2.24, 2.45) is 0 Å². The molecule has 1 aromatic carbocycles. The van der Waals surface area contributed by atoms with E-state index in [1.807, 2.05) is 24.3 Å². The molecule has 0 fully saturated rings. The van der Waals surface area contributed by atoms with Gasteiger partial charge in [-0.25, -0.2) is 0 Å². The van der Waals surface area contributed by atoms with Gasteiger partial charge in [-0.1, -0.05) is 24.6 Å². The molecule has 2 aromatic heterocycles. The van der Waals surface area contributed by atoms with Crippen molar-refractivity contribution >= 4 is 16.6 Å². The Morgan fingerprint density at radius 1 is 1.17 bits per heavy atom. The first-order chi connectivity index (χ1) is 11.9. The van der Waals surface area contributed by atoms with Crippen LogP contribution in [0, 0.1) is 11.3 Å². The van der Waals surface area contributed by atoms with Crippen LogP contribution in [-0.2, 0) is 19.5 Å². The summed E-state index contributed by atoms with van der Waals surface area (Å²) in [6.45, 7) is 1.53. The van der Waals surface area contributed by atoms with E-state index < -0.39 is 0 Å². The van der Waals surface area contributed by atoms with Gasteiger partial charge in [0.25, 0.3) is 0 Å². The molecule has 0 atom stereocenters. The van der Waals surface area contributed by atoms with Crippen molar-refractivity contribution < 1.29 is 0 Å². The van der Waals surface area contributed by atoms with E-state index in [1.165, 1.54) is 19.3 Å². The first-order valence-corrected chi connectivity index (χ1v) is 8.29. The van der Waals surface area contributed by atoms with Crippen LogP contribution in [0.15, 0.2) is 30.5 Å². The molecular weight excluding hydrogens is 300 g/mol. The third-order valence-corrected chi connectivity index (χ3v) is 4.51. The molecule has 0 amide bonds. The molecule has 0 unspecified atom stereocenters. The zero-order chi connectivity index (χ0) is 16.4. The van der Waals surface area contributed by atoms with Gasteiger partial charge in [-0.15, -0.1) is 10.2 Å². The minimum Gasteiger partial charge on any atom is -0.376 e. The van der Waals surface area contributed by atoms with Gasteiger partial charge in [0.1, 0.15) is 11.9 Å². The summed E-state index contributed by atoms with van der Waals surface area (Å²) in [6.07, 6.45) is 6.20. The first kappa shape index (κ1) is 14.6. The summed E-state index contributed by atoms with van der Waals surface area (Å²) in [7, 11) is 0. The summed E-state index contributed by atoms with van der Waals surface area (Å²) < 4.78 is 2.22. The fourth-order valence-corrected chi connectivity index (χ4v) is 3.26. The Kier molecular flexibility index (Phi) is 3.83. The van der Waals surface area contributed by atoms with Crippen LogP contribution in [0.2, 0.25) is 0 Å². The van der Waals surface area contributed by atoms with Crippen LogP contribution in [0.1, 0.15) is 36.5 Å². The largest absolute Gasteiger partial charge is 0.376 e. The minimum atomic E-state index is 0.546. The Morgan fingerprint density at radius 2 is 2.08 bits per heavy atom. The molecule has 0 aliphatic carbocycles. The lowest BCUT2D eigenvalue weighted by molar-refractivity contribution is 0.610. The monoisotopic (exact) mass is 318 g/mol. The molecule has 120 valence electrons. The molecule has 0 saturated carbocycles. The lowest BCUT2D eigenvalue weighted by Gasteiger charge is -2.12. The van der Waals surface area contributed by atoms with Crippen LogP contribution >= 0.6 is 0 Å². The van der Waals surface area contributed by atoms with E-state index in [0.29, 0.717) is 12.1 Å². The average Bonchev–Trinajstić information content (AvgIpc) is 2.86. The summed E-state index contributed by atoms with van der Waals surface area (Å²) in [6, 6.07) is 10.1. The topological polar surface area (TPSA) is 79.4 Å². The molecule has 3 aromatic rings. The van der Waals surface area contributed by atoms with Crippen LogP contribution in [0.25, 0.3) is 10.9 Å². The highest BCUT2D eigenvalue weighted by Crippen LogP contribution is 2.26. The van der Waals surface area contributed by atoms with Crippen molar-refractivity contribution in [3.8, 4) is 6.07 Å². The predicted molar refractivity (Wildman–Crippen MR) is 91.4 cm³/mol. The molecule has 1 aliphatic heterocycles. The van der Waals surface area contributed by atoms with Crippen LogP contribution in [0.4, 0.5) is 5.69 Å². The maximum Gasteiger partial charge on any atom is 0.152 e. The second-order valence-electron chi connectivity index (χ2n) is 6.02. The number of anilines is 1. The van der Waals surface area contributed by atoms with E-state index in [-0.39, 0.29) is 0 Å². The van der Waals surface area contributed by atoms with Gasteiger partial charge in [0.05, 0.1) is 23.3 Å². The number of rotatable bonds is 3. The van der Waals surface area contributed by atoms with Gasteiger partial charge in [-0.2, -0.15) is 5.26 Å². The highest BCUT2D eigenvalue weighted by atomic mass is 15.3. The highest BCUT2D eigenvalue weighted by molar-refractivity contribution is 5.93. The van der Waals surface area contributed by atoms with Crippen LogP contribution < -0.4 is 5.32 Å². The number of hydrogen-bond acceptors (Lipinski definition) is 5. The summed E-state index contributed by atoms with van der Waals surface area (Å²) >= 11 is 0. The van der Waals surface area contributed by atoms with Gasteiger partial charge in [-0.3, -0.25) is 4.98 Å². The summed E-state index contributed by atoms with van der Waals surface area (Å²) in [5, 5.41) is 22.4. The van der Waals surface area contributed by atoms with Crippen molar-refractivity contribution in [1.82, 2.24) is 19.7 Å². The summed E-state index contributed by atoms with van der Waals surface area (Å²) in [5.41, 5.74) is 2.23. The van der Waals surface area contributed by atoms with Crippen molar-refractivity contribution in [3.63, 3.8) is 0 Å².